The molecule has 0 bridgehead atoms. The lowest BCUT2D eigenvalue weighted by Crippen LogP contribution is -2.31. The number of thiocarbonyl (C=S) groups is 1. The van der Waals surface area contributed by atoms with E-state index in [-0.39, 0.29) is 5.17 Å². The molecule has 0 atom stereocenters. The van der Waals surface area contributed by atoms with E-state index in [1.165, 1.54) is 12.1 Å². The minimum Gasteiger partial charge on any atom is -0.474 e. The van der Waals surface area contributed by atoms with Crippen LogP contribution in [0.4, 0.5) is 5.69 Å². The van der Waals surface area contributed by atoms with Crippen molar-refractivity contribution in [1.82, 2.24) is 9.88 Å². The zero-order chi connectivity index (χ0) is 17.5. The van der Waals surface area contributed by atoms with E-state index >= 15 is 0 Å². The van der Waals surface area contributed by atoms with Gasteiger partial charge in [-0.1, -0.05) is 0 Å². The van der Waals surface area contributed by atoms with Gasteiger partial charge in [-0.15, -0.1) is 0 Å². The number of carbonyl (C=O) groups excluding carboxylic acids is 1. The van der Waals surface area contributed by atoms with Gasteiger partial charge >= 0.3 is 0 Å². The minimum atomic E-state index is 0.265. The second kappa shape index (κ2) is 8.14. The van der Waals surface area contributed by atoms with Crippen LogP contribution >= 0.6 is 12.2 Å². The molecule has 0 aliphatic heterocycles. The van der Waals surface area contributed by atoms with E-state index in [1.54, 1.807) is 18.5 Å². The lowest BCUT2D eigenvalue weighted by atomic mass is 10.2. The summed E-state index contributed by atoms with van der Waals surface area (Å²) in [7, 11) is 1.48. The van der Waals surface area contributed by atoms with Crippen molar-refractivity contribution in [2.45, 2.75) is 0 Å². The van der Waals surface area contributed by atoms with E-state index in [2.05, 4.69) is 5.32 Å². The Morgan fingerprint density at radius 1 is 1.38 bits per heavy atom. The first kappa shape index (κ1) is 17.5. The smallest absolute Gasteiger partial charge is 0.256 e. The Kier molecular flexibility index (Phi) is 5.94. The van der Waals surface area contributed by atoms with Crippen molar-refractivity contribution in [2.75, 3.05) is 18.7 Å². The molecule has 0 radical (unpaired) electrons. The van der Waals surface area contributed by atoms with Crippen molar-refractivity contribution < 1.29 is 9.53 Å². The molecule has 0 amide bonds. The van der Waals surface area contributed by atoms with Gasteiger partial charge in [0.15, 0.2) is 6.29 Å². The van der Waals surface area contributed by atoms with Crippen LogP contribution in [-0.4, -0.2) is 29.7 Å². The van der Waals surface area contributed by atoms with Crippen molar-refractivity contribution in [1.29, 1.82) is 0 Å². The number of aldehydes is 1. The van der Waals surface area contributed by atoms with E-state index in [9.17, 15) is 4.79 Å². The molecule has 0 unspecified atom stereocenters. The van der Waals surface area contributed by atoms with Gasteiger partial charge in [-0.2, -0.15) is 0 Å². The fourth-order valence-electron chi connectivity index (χ4n) is 1.99. The van der Waals surface area contributed by atoms with E-state index in [0.29, 0.717) is 17.8 Å². The molecule has 0 spiro atoms. The van der Waals surface area contributed by atoms with Gasteiger partial charge in [0.05, 0.1) is 19.3 Å². The second-order valence-corrected chi connectivity index (χ2v) is 5.31. The van der Waals surface area contributed by atoms with Gasteiger partial charge < -0.3 is 20.4 Å². The molecule has 7 nitrogen and oxygen atoms in total. The normalized spacial score (nSPS) is 11.0. The van der Waals surface area contributed by atoms with E-state index in [4.69, 9.17) is 28.5 Å². The fourth-order valence-corrected chi connectivity index (χ4v) is 2.06. The molecule has 1 aromatic carbocycles. The third-order valence-corrected chi connectivity index (χ3v) is 3.54. The molecule has 0 aliphatic rings. The van der Waals surface area contributed by atoms with Crippen LogP contribution in [0, 0.1) is 0 Å². The number of carbonyl (C=O) groups is 1. The monoisotopic (exact) mass is 345 g/mol. The maximum absolute atomic E-state index is 10.7. The van der Waals surface area contributed by atoms with Gasteiger partial charge in [0.1, 0.15) is 0 Å². The topological polar surface area (TPSA) is 98.5 Å². The molecule has 2 rings (SSSR count). The number of nitrogens with two attached hydrogens (primary N) is 2. The van der Waals surface area contributed by atoms with Crippen LogP contribution in [0.3, 0.4) is 0 Å². The molecule has 0 fully saturated rings. The van der Waals surface area contributed by atoms with Gasteiger partial charge in [0, 0.05) is 35.5 Å². The second-order valence-electron chi connectivity index (χ2n) is 4.94. The molecule has 126 valence electrons. The molecule has 2 aromatic rings. The Morgan fingerprint density at radius 3 is 2.67 bits per heavy atom. The third-order valence-electron chi connectivity index (χ3n) is 3.22. The number of methoxy groups -OCH3 is 1. The molecule has 0 aliphatic carbocycles. The predicted octanol–water partition coefficient (Wildman–Crippen LogP) is 1.29. The SMILES string of the molecule is COC(=S)NC/C(N)=C/N(N)c1ccc(-n2ccc(C=O)c2)cc1. The summed E-state index contributed by atoms with van der Waals surface area (Å²) in [6.45, 7) is 0.330. The number of hydrogen-bond acceptors (Lipinski definition) is 6. The van der Waals surface area contributed by atoms with E-state index in [0.717, 1.165) is 17.7 Å². The maximum atomic E-state index is 10.7. The highest BCUT2D eigenvalue weighted by atomic mass is 32.1. The summed E-state index contributed by atoms with van der Waals surface area (Å²) in [4.78, 5) is 10.7. The highest BCUT2D eigenvalue weighted by Crippen LogP contribution is 2.16. The number of hydrogen-bond donors (Lipinski definition) is 3. The first-order chi connectivity index (χ1) is 11.5. The molecule has 0 saturated carbocycles. The van der Waals surface area contributed by atoms with Crippen molar-refractivity contribution in [2.24, 2.45) is 11.6 Å². The summed E-state index contributed by atoms with van der Waals surface area (Å²) < 4.78 is 6.68. The highest BCUT2D eigenvalue weighted by molar-refractivity contribution is 7.80. The average molecular weight is 345 g/mol. The van der Waals surface area contributed by atoms with Crippen LogP contribution in [-0.2, 0) is 4.74 Å². The molecule has 1 aromatic heterocycles. The lowest BCUT2D eigenvalue weighted by Gasteiger charge is -2.16. The van der Waals surface area contributed by atoms with Crippen molar-refractivity contribution >= 4 is 29.4 Å². The third kappa shape index (κ3) is 4.58. The number of rotatable bonds is 6. The molecule has 24 heavy (non-hydrogen) atoms. The van der Waals surface area contributed by atoms with Gasteiger partial charge in [-0.05, 0) is 42.5 Å². The van der Waals surface area contributed by atoms with Crippen LogP contribution in [0.5, 0.6) is 0 Å². The van der Waals surface area contributed by atoms with Gasteiger partial charge in [0.25, 0.3) is 5.17 Å². The van der Waals surface area contributed by atoms with Gasteiger partial charge in [-0.3, -0.25) is 9.80 Å². The van der Waals surface area contributed by atoms with E-state index in [1.807, 2.05) is 35.0 Å². The molecular weight excluding hydrogens is 326 g/mol. The zero-order valence-electron chi connectivity index (χ0n) is 13.2. The molecule has 5 N–H and O–H groups in total. The minimum absolute atomic E-state index is 0.265. The van der Waals surface area contributed by atoms with Crippen LogP contribution in [0.15, 0.2) is 54.6 Å². The van der Waals surface area contributed by atoms with Crippen molar-refractivity contribution in [3.63, 3.8) is 0 Å². The molecule has 1 heterocycles. The van der Waals surface area contributed by atoms with Crippen LogP contribution in [0.2, 0.25) is 0 Å². The quantitative estimate of drug-likeness (QED) is 0.314. The number of hydrazine groups is 1. The highest BCUT2D eigenvalue weighted by Gasteiger charge is 2.03. The summed E-state index contributed by atoms with van der Waals surface area (Å²) in [5.41, 5.74) is 8.69. The summed E-state index contributed by atoms with van der Waals surface area (Å²) >= 11 is 4.87. The number of aromatic nitrogens is 1. The molecular formula is C16H19N5O2S. The maximum Gasteiger partial charge on any atom is 0.256 e. The number of nitrogens with zero attached hydrogens (tertiary/aromatic N) is 2. The fraction of sp³-hybridized carbons (Fsp3) is 0.125. The first-order valence-corrected chi connectivity index (χ1v) is 7.50. The Hall–Kier alpha value is -2.84. The lowest BCUT2D eigenvalue weighted by molar-refractivity contribution is 0.112. The largest absolute Gasteiger partial charge is 0.474 e. The number of nitrogens with one attached hydrogen (secondary N) is 1. The summed E-state index contributed by atoms with van der Waals surface area (Å²) in [5, 5.41) is 4.51. The average Bonchev–Trinajstić information content (AvgIpc) is 3.09. The number of ether oxygens (including phenoxy) is 1. The number of benzene rings is 1. The van der Waals surface area contributed by atoms with E-state index < -0.39 is 0 Å². The van der Waals surface area contributed by atoms with Crippen LogP contribution in [0.1, 0.15) is 10.4 Å². The Balaban J connectivity index is 2.03. The van der Waals surface area contributed by atoms with Crippen molar-refractivity contribution in [3.8, 4) is 5.69 Å². The predicted molar refractivity (Wildman–Crippen MR) is 97.7 cm³/mol. The summed E-state index contributed by atoms with van der Waals surface area (Å²) in [5.74, 6) is 5.98. The molecule has 0 saturated heterocycles. The molecule has 8 heteroatoms. The Labute approximate surface area is 145 Å². The number of anilines is 1. The Bertz CT molecular complexity index is 739. The standard InChI is InChI=1S/C16H19N5O2S/c1-23-16(24)19-8-13(17)10-21(18)15-4-2-14(3-5-15)20-7-6-12(9-20)11-22/h2-7,9-11H,8,17-18H2,1H3,(H,19,24)/b13-10-. The van der Waals surface area contributed by atoms with Gasteiger partial charge in [-0.25, -0.2) is 5.84 Å². The Morgan fingerprint density at radius 2 is 2.08 bits per heavy atom. The zero-order valence-corrected chi connectivity index (χ0v) is 14.0. The first-order valence-electron chi connectivity index (χ1n) is 7.09. The summed E-state index contributed by atoms with van der Waals surface area (Å²) in [6.07, 6.45) is 5.98. The summed E-state index contributed by atoms with van der Waals surface area (Å²) in [6, 6.07) is 9.25. The van der Waals surface area contributed by atoms with Crippen molar-refractivity contribution in [3.05, 3.63) is 60.2 Å². The van der Waals surface area contributed by atoms with Crippen LogP contribution in [0.25, 0.3) is 5.69 Å². The van der Waals surface area contributed by atoms with Crippen LogP contribution < -0.4 is 21.9 Å². The van der Waals surface area contributed by atoms with Gasteiger partial charge in [0.2, 0.25) is 0 Å².